The second kappa shape index (κ2) is 14.6. The van der Waals surface area contributed by atoms with Crippen LogP contribution in [0.5, 0.6) is 0 Å². The number of rotatable bonds is 8. The van der Waals surface area contributed by atoms with Gasteiger partial charge in [0.25, 0.3) is 0 Å². The molecule has 1 saturated heterocycles. The minimum absolute atomic E-state index is 0.0481. The average Bonchev–Trinajstić information content (AvgIpc) is 2.99. The van der Waals surface area contributed by atoms with Crippen LogP contribution in [0, 0.1) is 5.82 Å². The number of Topliss-reactive ketones (excluding diaryl/α,β-unsaturated/α-hetero) is 1. The molecular weight excluding hydrogens is 644 g/mol. The normalized spacial score (nSPS) is 14.1. The van der Waals surface area contributed by atoms with Crippen molar-refractivity contribution in [1.82, 2.24) is 9.80 Å². The number of hydrogen-bond acceptors (Lipinski definition) is 5. The fourth-order valence-electron chi connectivity index (χ4n) is 4.89. The van der Waals surface area contributed by atoms with Crippen LogP contribution in [0.4, 0.5) is 14.9 Å². The second-order valence-corrected chi connectivity index (χ2v) is 12.8. The van der Waals surface area contributed by atoms with Gasteiger partial charge in [-0.3, -0.25) is 19.3 Å². The lowest BCUT2D eigenvalue weighted by Gasteiger charge is -2.36. The van der Waals surface area contributed by atoms with Crippen LogP contribution in [0.1, 0.15) is 55.6 Å². The molecule has 0 spiro atoms. The van der Waals surface area contributed by atoms with E-state index in [0.29, 0.717) is 28.8 Å². The Bertz CT molecular complexity index is 1550. The van der Waals surface area contributed by atoms with E-state index in [1.165, 1.54) is 23.1 Å². The number of anilines is 1. The summed E-state index contributed by atoms with van der Waals surface area (Å²) in [5, 5.41) is 0.777. The zero-order valence-corrected chi connectivity index (χ0v) is 27.3. The van der Waals surface area contributed by atoms with E-state index >= 15 is 0 Å². The first-order valence-corrected chi connectivity index (χ1v) is 15.4. The third kappa shape index (κ3) is 8.96. The van der Waals surface area contributed by atoms with Crippen LogP contribution < -0.4 is 4.90 Å². The third-order valence-electron chi connectivity index (χ3n) is 7.10. The zero-order chi connectivity index (χ0) is 32.9. The number of hydrogen-bond donors (Lipinski definition) is 0. The Kier molecular flexibility index (Phi) is 11.1. The van der Waals surface area contributed by atoms with Gasteiger partial charge in [-0.2, -0.15) is 0 Å². The molecule has 238 valence electrons. The van der Waals surface area contributed by atoms with Gasteiger partial charge in [-0.25, -0.2) is 9.18 Å². The monoisotopic (exact) mass is 675 g/mol. The first kappa shape index (κ1) is 34.2. The van der Waals surface area contributed by atoms with E-state index in [1.54, 1.807) is 67.0 Å². The second-order valence-electron chi connectivity index (χ2n) is 11.5. The summed E-state index contributed by atoms with van der Waals surface area (Å²) in [7, 11) is 0. The summed E-state index contributed by atoms with van der Waals surface area (Å²) >= 11 is 18.7. The highest BCUT2D eigenvalue weighted by Crippen LogP contribution is 2.36. The average molecular weight is 677 g/mol. The highest BCUT2D eigenvalue weighted by atomic mass is 35.5. The van der Waals surface area contributed by atoms with E-state index < -0.39 is 35.2 Å². The van der Waals surface area contributed by atoms with Gasteiger partial charge < -0.3 is 14.5 Å². The van der Waals surface area contributed by atoms with Crippen molar-refractivity contribution in [2.45, 2.75) is 45.3 Å². The topological polar surface area (TPSA) is 87.2 Å². The van der Waals surface area contributed by atoms with Crippen LogP contribution in [0.15, 0.2) is 66.7 Å². The highest BCUT2D eigenvalue weighted by molar-refractivity contribution is 6.32. The number of ketones is 1. The standard InChI is InChI=1S/C33H33Cl3FN3O5/c1-33(2,3)45-32(44)39-18-16-38(17-19-39)28(41)14-15-29(42)40(25-11-8-23(35)9-12-25)30(26-13-10-24(37)20-27(26)36)31(43)21-4-6-22(34)7-5-21/h4-13,20,30H,14-19H2,1-3H3. The number of benzene rings is 3. The molecule has 1 atom stereocenters. The van der Waals surface area contributed by atoms with Gasteiger partial charge in [0.05, 0.1) is 0 Å². The van der Waals surface area contributed by atoms with Gasteiger partial charge in [0.15, 0.2) is 5.78 Å². The molecular formula is C33H33Cl3FN3O5. The number of halogens is 4. The smallest absolute Gasteiger partial charge is 0.410 e. The summed E-state index contributed by atoms with van der Waals surface area (Å²) in [6.45, 7) is 6.52. The fourth-order valence-corrected chi connectivity index (χ4v) is 5.41. The van der Waals surface area contributed by atoms with Gasteiger partial charge in [0.1, 0.15) is 17.5 Å². The molecule has 0 radical (unpaired) electrons. The number of nitrogens with zero attached hydrogens (tertiary/aromatic N) is 3. The molecule has 1 unspecified atom stereocenters. The van der Waals surface area contributed by atoms with Gasteiger partial charge in [-0.05, 0) is 81.4 Å². The van der Waals surface area contributed by atoms with Crippen LogP contribution >= 0.6 is 34.8 Å². The summed E-state index contributed by atoms with van der Waals surface area (Å²) < 4.78 is 19.5. The summed E-state index contributed by atoms with van der Waals surface area (Å²) in [6.07, 6.45) is -0.829. The molecule has 0 N–H and O–H groups in total. The molecule has 0 saturated carbocycles. The summed E-state index contributed by atoms with van der Waals surface area (Å²) in [5.41, 5.74) is 0.141. The van der Waals surface area contributed by atoms with Crippen LogP contribution in [0.25, 0.3) is 0 Å². The van der Waals surface area contributed by atoms with Gasteiger partial charge in [-0.1, -0.05) is 40.9 Å². The maximum Gasteiger partial charge on any atom is 0.410 e. The molecule has 4 rings (SSSR count). The molecule has 12 heteroatoms. The lowest BCUT2D eigenvalue weighted by molar-refractivity contribution is -0.134. The van der Waals surface area contributed by atoms with E-state index in [4.69, 9.17) is 39.5 Å². The number of carbonyl (C=O) groups excluding carboxylic acids is 4. The Morgan fingerprint density at radius 1 is 0.822 bits per heavy atom. The van der Waals surface area contributed by atoms with E-state index in [0.717, 1.165) is 12.1 Å². The van der Waals surface area contributed by atoms with Gasteiger partial charge in [-0.15, -0.1) is 0 Å². The number of carbonyl (C=O) groups is 4. The van der Waals surface area contributed by atoms with Crippen molar-refractivity contribution in [2.75, 3.05) is 31.1 Å². The number of ether oxygens (including phenoxy) is 1. The highest BCUT2D eigenvalue weighted by Gasteiger charge is 2.35. The quantitative estimate of drug-likeness (QED) is 0.229. The van der Waals surface area contributed by atoms with Gasteiger partial charge >= 0.3 is 6.09 Å². The Morgan fingerprint density at radius 3 is 1.93 bits per heavy atom. The SMILES string of the molecule is CC(C)(C)OC(=O)N1CCN(C(=O)CCC(=O)N(c2ccc(Cl)cc2)C(C(=O)c2ccc(Cl)cc2)c2ccc(F)cc2Cl)CC1. The van der Waals surface area contributed by atoms with Crippen LogP contribution in [-0.4, -0.2) is 65.3 Å². The molecule has 8 nitrogen and oxygen atoms in total. The molecule has 1 heterocycles. The molecule has 1 aliphatic rings. The molecule has 3 aromatic carbocycles. The minimum Gasteiger partial charge on any atom is -0.444 e. The van der Waals surface area contributed by atoms with Crippen LogP contribution in [0.2, 0.25) is 15.1 Å². The van der Waals surface area contributed by atoms with Gasteiger partial charge in [0.2, 0.25) is 11.8 Å². The lowest BCUT2D eigenvalue weighted by atomic mass is 9.94. The first-order valence-electron chi connectivity index (χ1n) is 14.3. The molecule has 0 bridgehead atoms. The number of piperazine rings is 1. The Hall–Kier alpha value is -3.66. The Labute approximate surface area is 276 Å². The minimum atomic E-state index is -1.31. The van der Waals surface area contributed by atoms with Crippen molar-refractivity contribution in [2.24, 2.45) is 0 Å². The predicted molar refractivity (Wildman–Crippen MR) is 172 cm³/mol. The molecule has 0 aromatic heterocycles. The van der Waals surface area contributed by atoms with E-state index in [9.17, 15) is 23.6 Å². The largest absolute Gasteiger partial charge is 0.444 e. The van der Waals surface area contributed by atoms with Crippen molar-refractivity contribution in [3.05, 3.63) is 98.7 Å². The lowest BCUT2D eigenvalue weighted by Crippen LogP contribution is -2.51. The maximum atomic E-state index is 14.1. The van der Waals surface area contributed by atoms with Crippen molar-refractivity contribution in [1.29, 1.82) is 0 Å². The Morgan fingerprint density at radius 2 is 1.38 bits per heavy atom. The van der Waals surface area contributed by atoms with Crippen molar-refractivity contribution >= 4 is 64.2 Å². The van der Waals surface area contributed by atoms with Crippen LogP contribution in [-0.2, 0) is 14.3 Å². The molecule has 1 aliphatic heterocycles. The zero-order valence-electron chi connectivity index (χ0n) is 25.1. The van der Waals surface area contributed by atoms with Crippen molar-refractivity contribution in [3.8, 4) is 0 Å². The molecule has 0 aliphatic carbocycles. The summed E-state index contributed by atoms with van der Waals surface area (Å²) in [5.74, 6) is -1.91. The van der Waals surface area contributed by atoms with E-state index in [2.05, 4.69) is 0 Å². The van der Waals surface area contributed by atoms with Crippen molar-refractivity contribution < 1.29 is 28.3 Å². The summed E-state index contributed by atoms with van der Waals surface area (Å²) in [6, 6.07) is 14.8. The van der Waals surface area contributed by atoms with Crippen LogP contribution in [0.3, 0.4) is 0 Å². The fraction of sp³-hybridized carbons (Fsp3) is 0.333. The van der Waals surface area contributed by atoms with E-state index in [1.807, 2.05) is 0 Å². The molecule has 45 heavy (non-hydrogen) atoms. The molecule has 3 aromatic rings. The van der Waals surface area contributed by atoms with E-state index in [-0.39, 0.29) is 48.0 Å². The summed E-state index contributed by atoms with van der Waals surface area (Å²) in [4.78, 5) is 58.1. The predicted octanol–water partition coefficient (Wildman–Crippen LogP) is 7.60. The molecule has 3 amide bonds. The van der Waals surface area contributed by atoms with Gasteiger partial charge in [0, 0.05) is 70.9 Å². The van der Waals surface area contributed by atoms with Crippen molar-refractivity contribution in [3.63, 3.8) is 0 Å². The third-order valence-corrected chi connectivity index (χ3v) is 7.93. The number of amides is 3. The maximum absolute atomic E-state index is 14.1. The Balaban J connectivity index is 1.59. The first-order chi connectivity index (χ1) is 21.2. The molecule has 1 fully saturated rings.